The van der Waals surface area contributed by atoms with Gasteiger partial charge in [0, 0.05) is 24.3 Å². The number of aromatic hydroxyl groups is 1. The number of aromatic nitrogens is 1. The normalized spacial score (nSPS) is 10.3. The van der Waals surface area contributed by atoms with Gasteiger partial charge in [0.25, 0.3) is 5.91 Å². The van der Waals surface area contributed by atoms with Crippen LogP contribution in [-0.2, 0) is 6.54 Å². The van der Waals surface area contributed by atoms with E-state index in [0.717, 1.165) is 10.0 Å². The van der Waals surface area contributed by atoms with Crippen LogP contribution in [0.25, 0.3) is 0 Å². The minimum atomic E-state index is -0.0935. The van der Waals surface area contributed by atoms with E-state index in [9.17, 15) is 9.90 Å². The van der Waals surface area contributed by atoms with Crippen LogP contribution < -0.4 is 0 Å². The fourth-order valence-electron chi connectivity index (χ4n) is 1.70. The van der Waals surface area contributed by atoms with Crippen molar-refractivity contribution < 1.29 is 9.90 Å². The lowest BCUT2D eigenvalue weighted by molar-refractivity contribution is 0.0780. The SMILES string of the molecule is CN(Cc1cccc(O)c1)C(=O)c1cc(Br)c[nH]1. The Morgan fingerprint density at radius 1 is 1.44 bits per heavy atom. The van der Waals surface area contributed by atoms with E-state index in [-0.39, 0.29) is 11.7 Å². The minimum Gasteiger partial charge on any atom is -0.508 e. The number of hydrogen-bond donors (Lipinski definition) is 2. The maximum Gasteiger partial charge on any atom is 0.270 e. The van der Waals surface area contributed by atoms with Crippen LogP contribution in [0.2, 0.25) is 0 Å². The van der Waals surface area contributed by atoms with E-state index in [2.05, 4.69) is 20.9 Å². The highest BCUT2D eigenvalue weighted by molar-refractivity contribution is 9.10. The smallest absolute Gasteiger partial charge is 0.270 e. The van der Waals surface area contributed by atoms with Gasteiger partial charge in [-0.2, -0.15) is 0 Å². The molecule has 2 N–H and O–H groups in total. The average molecular weight is 309 g/mol. The lowest BCUT2D eigenvalue weighted by Gasteiger charge is -2.16. The van der Waals surface area contributed by atoms with Crippen LogP contribution in [0.1, 0.15) is 16.1 Å². The Hall–Kier alpha value is -1.75. The van der Waals surface area contributed by atoms with E-state index in [1.165, 1.54) is 0 Å². The van der Waals surface area contributed by atoms with Crippen LogP contribution in [0.3, 0.4) is 0 Å². The van der Waals surface area contributed by atoms with Crippen molar-refractivity contribution in [1.82, 2.24) is 9.88 Å². The maximum atomic E-state index is 12.1. The van der Waals surface area contributed by atoms with Crippen molar-refractivity contribution in [3.63, 3.8) is 0 Å². The number of hydrogen-bond acceptors (Lipinski definition) is 2. The Labute approximate surface area is 113 Å². The first-order valence-electron chi connectivity index (χ1n) is 5.43. The van der Waals surface area contributed by atoms with Gasteiger partial charge in [0.05, 0.1) is 0 Å². The predicted octanol–water partition coefficient (Wildman–Crippen LogP) is 2.76. The Morgan fingerprint density at radius 2 is 2.22 bits per heavy atom. The number of rotatable bonds is 3. The molecule has 18 heavy (non-hydrogen) atoms. The van der Waals surface area contributed by atoms with Gasteiger partial charge in [0.1, 0.15) is 11.4 Å². The van der Waals surface area contributed by atoms with E-state index in [4.69, 9.17) is 0 Å². The summed E-state index contributed by atoms with van der Waals surface area (Å²) in [6.45, 7) is 0.448. The molecule has 0 radical (unpaired) electrons. The van der Waals surface area contributed by atoms with Crippen molar-refractivity contribution in [2.75, 3.05) is 7.05 Å². The van der Waals surface area contributed by atoms with Gasteiger partial charge >= 0.3 is 0 Å². The summed E-state index contributed by atoms with van der Waals surface area (Å²) in [4.78, 5) is 16.5. The average Bonchev–Trinajstić information content (AvgIpc) is 2.75. The quantitative estimate of drug-likeness (QED) is 0.916. The molecular weight excluding hydrogens is 296 g/mol. The number of phenolic OH excluding ortho intramolecular Hbond substituents is 1. The molecule has 0 atom stereocenters. The number of phenols is 1. The molecule has 1 amide bonds. The highest BCUT2D eigenvalue weighted by Crippen LogP contribution is 2.15. The first-order chi connectivity index (χ1) is 8.56. The third-order valence-electron chi connectivity index (χ3n) is 2.56. The zero-order valence-corrected chi connectivity index (χ0v) is 11.4. The second-order valence-corrected chi connectivity index (χ2v) is 4.98. The van der Waals surface area contributed by atoms with Gasteiger partial charge in [-0.15, -0.1) is 0 Å². The van der Waals surface area contributed by atoms with Gasteiger partial charge in [-0.05, 0) is 39.7 Å². The molecule has 0 spiro atoms. The van der Waals surface area contributed by atoms with Crippen LogP contribution in [-0.4, -0.2) is 27.9 Å². The van der Waals surface area contributed by atoms with E-state index < -0.39 is 0 Å². The number of nitrogens with zero attached hydrogens (tertiary/aromatic N) is 1. The Balaban J connectivity index is 2.08. The number of benzene rings is 1. The van der Waals surface area contributed by atoms with Gasteiger partial charge in [-0.3, -0.25) is 4.79 Å². The molecule has 2 aromatic rings. The van der Waals surface area contributed by atoms with Gasteiger partial charge < -0.3 is 15.0 Å². The Morgan fingerprint density at radius 3 is 2.83 bits per heavy atom. The number of halogens is 1. The zero-order valence-electron chi connectivity index (χ0n) is 9.85. The molecule has 94 valence electrons. The summed E-state index contributed by atoms with van der Waals surface area (Å²) < 4.78 is 0.844. The molecule has 5 heteroatoms. The second-order valence-electron chi connectivity index (χ2n) is 4.06. The van der Waals surface area contributed by atoms with Crippen molar-refractivity contribution in [3.8, 4) is 5.75 Å². The van der Waals surface area contributed by atoms with Crippen molar-refractivity contribution in [3.05, 3.63) is 52.3 Å². The minimum absolute atomic E-state index is 0.0935. The van der Waals surface area contributed by atoms with E-state index in [1.807, 2.05) is 6.07 Å². The number of aromatic amines is 1. The summed E-state index contributed by atoms with van der Waals surface area (Å²) in [6, 6.07) is 8.62. The zero-order chi connectivity index (χ0) is 13.1. The first kappa shape index (κ1) is 12.7. The number of nitrogens with one attached hydrogen (secondary N) is 1. The lowest BCUT2D eigenvalue weighted by atomic mass is 10.2. The Bertz CT molecular complexity index is 566. The summed E-state index contributed by atoms with van der Waals surface area (Å²) >= 11 is 3.29. The number of carbonyl (C=O) groups excluding carboxylic acids is 1. The first-order valence-corrected chi connectivity index (χ1v) is 6.23. The fraction of sp³-hybridized carbons (Fsp3) is 0.154. The van der Waals surface area contributed by atoms with E-state index in [1.54, 1.807) is 42.4 Å². The third-order valence-corrected chi connectivity index (χ3v) is 3.01. The number of H-pyrrole nitrogens is 1. The summed E-state index contributed by atoms with van der Waals surface area (Å²) in [5.41, 5.74) is 1.42. The lowest BCUT2D eigenvalue weighted by Crippen LogP contribution is -2.26. The van der Waals surface area contributed by atoms with E-state index in [0.29, 0.717) is 12.2 Å². The number of amides is 1. The van der Waals surface area contributed by atoms with Crippen LogP contribution in [0, 0.1) is 0 Å². The predicted molar refractivity (Wildman–Crippen MR) is 72.4 cm³/mol. The highest BCUT2D eigenvalue weighted by atomic mass is 79.9. The van der Waals surface area contributed by atoms with Crippen molar-refractivity contribution in [1.29, 1.82) is 0 Å². The molecule has 0 bridgehead atoms. The maximum absolute atomic E-state index is 12.1. The summed E-state index contributed by atoms with van der Waals surface area (Å²) in [5.74, 6) is 0.111. The van der Waals surface area contributed by atoms with Gasteiger partial charge in [0.2, 0.25) is 0 Å². The van der Waals surface area contributed by atoms with Crippen LogP contribution in [0.15, 0.2) is 41.0 Å². The van der Waals surface area contributed by atoms with Crippen LogP contribution in [0.5, 0.6) is 5.75 Å². The topological polar surface area (TPSA) is 56.3 Å². The fourth-order valence-corrected chi connectivity index (χ4v) is 2.04. The second kappa shape index (κ2) is 5.27. The number of carbonyl (C=O) groups is 1. The molecule has 4 nitrogen and oxygen atoms in total. The van der Waals surface area contributed by atoms with Gasteiger partial charge in [-0.1, -0.05) is 12.1 Å². The van der Waals surface area contributed by atoms with Gasteiger partial charge in [-0.25, -0.2) is 0 Å². The third kappa shape index (κ3) is 2.92. The van der Waals surface area contributed by atoms with E-state index >= 15 is 0 Å². The highest BCUT2D eigenvalue weighted by Gasteiger charge is 2.13. The molecule has 0 fully saturated rings. The molecule has 0 aliphatic rings. The standard InChI is InChI=1S/C13H13BrN2O2/c1-16(8-9-3-2-4-11(17)5-9)13(18)12-6-10(14)7-15-12/h2-7,15,17H,8H2,1H3. The summed E-state index contributed by atoms with van der Waals surface area (Å²) in [5, 5.41) is 9.37. The van der Waals surface area contributed by atoms with Crippen molar-refractivity contribution in [2.45, 2.75) is 6.54 Å². The van der Waals surface area contributed by atoms with Crippen molar-refractivity contribution >= 4 is 21.8 Å². The Kier molecular flexibility index (Phi) is 3.72. The molecule has 0 aliphatic heterocycles. The summed E-state index contributed by atoms with van der Waals surface area (Å²) in [7, 11) is 1.72. The molecule has 0 aliphatic carbocycles. The monoisotopic (exact) mass is 308 g/mol. The molecule has 2 rings (SSSR count). The summed E-state index contributed by atoms with van der Waals surface area (Å²) in [6.07, 6.45) is 1.72. The van der Waals surface area contributed by atoms with Crippen molar-refractivity contribution in [2.24, 2.45) is 0 Å². The van der Waals surface area contributed by atoms with Crippen LogP contribution in [0.4, 0.5) is 0 Å². The molecule has 0 saturated carbocycles. The molecule has 1 aromatic heterocycles. The van der Waals surface area contributed by atoms with Crippen LogP contribution >= 0.6 is 15.9 Å². The molecule has 1 heterocycles. The molecule has 1 aromatic carbocycles. The molecule has 0 saturated heterocycles. The molecule has 0 unspecified atom stereocenters. The van der Waals surface area contributed by atoms with Gasteiger partial charge in [0.15, 0.2) is 0 Å². The molecular formula is C13H13BrN2O2. The largest absolute Gasteiger partial charge is 0.508 e.